The minimum Gasteiger partial charge on any atom is -0.324 e. The molecule has 0 bridgehead atoms. The summed E-state index contributed by atoms with van der Waals surface area (Å²) in [4.78, 5) is 37.9. The van der Waals surface area contributed by atoms with Crippen molar-refractivity contribution in [2.75, 3.05) is 11.9 Å². The summed E-state index contributed by atoms with van der Waals surface area (Å²) in [5.41, 5.74) is 1.41. The highest BCUT2D eigenvalue weighted by molar-refractivity contribution is 9.10. The highest BCUT2D eigenvalue weighted by Gasteiger charge is 2.36. The van der Waals surface area contributed by atoms with E-state index in [-0.39, 0.29) is 6.54 Å². The first kappa shape index (κ1) is 17.4. The summed E-state index contributed by atoms with van der Waals surface area (Å²) in [6.45, 7) is -0.316. The number of thioether (sulfide) groups is 1. The first-order valence-electron chi connectivity index (χ1n) is 7.39. The predicted molar refractivity (Wildman–Crippen MR) is 102 cm³/mol. The van der Waals surface area contributed by atoms with E-state index in [0.717, 1.165) is 26.7 Å². The Hall–Kier alpha value is -2.38. The van der Waals surface area contributed by atoms with Gasteiger partial charge in [-0.2, -0.15) is 0 Å². The van der Waals surface area contributed by atoms with Crippen LogP contribution in [0, 0.1) is 0 Å². The van der Waals surface area contributed by atoms with Crippen LogP contribution in [0.5, 0.6) is 0 Å². The number of hydrogen-bond donors (Lipinski definition) is 1. The van der Waals surface area contributed by atoms with Crippen LogP contribution < -0.4 is 5.32 Å². The van der Waals surface area contributed by atoms with Crippen LogP contribution in [0.3, 0.4) is 0 Å². The average molecular weight is 417 g/mol. The van der Waals surface area contributed by atoms with Crippen molar-refractivity contribution in [1.29, 1.82) is 0 Å². The van der Waals surface area contributed by atoms with Gasteiger partial charge in [-0.25, -0.2) is 0 Å². The maximum absolute atomic E-state index is 12.4. The van der Waals surface area contributed by atoms with E-state index in [1.807, 2.05) is 36.4 Å². The first-order chi connectivity index (χ1) is 12.0. The van der Waals surface area contributed by atoms with E-state index in [1.54, 1.807) is 24.3 Å². The minimum atomic E-state index is -0.455. The molecule has 0 unspecified atom stereocenters. The zero-order chi connectivity index (χ0) is 17.8. The molecular weight excluding hydrogens is 404 g/mol. The molecule has 2 aromatic carbocycles. The molecular formula is C18H13BrN2O3S. The van der Waals surface area contributed by atoms with Crippen LogP contribution >= 0.6 is 27.7 Å². The molecule has 1 aliphatic heterocycles. The molecule has 5 nitrogen and oxygen atoms in total. The molecule has 1 saturated heterocycles. The third kappa shape index (κ3) is 4.37. The summed E-state index contributed by atoms with van der Waals surface area (Å²) in [5, 5.41) is 2.22. The average Bonchev–Trinajstić information content (AvgIpc) is 2.83. The van der Waals surface area contributed by atoms with Crippen molar-refractivity contribution in [3.05, 3.63) is 69.5 Å². The molecule has 3 rings (SSSR count). The maximum Gasteiger partial charge on any atom is 0.294 e. The number of imide groups is 1. The lowest BCUT2D eigenvalue weighted by Gasteiger charge is -2.12. The highest BCUT2D eigenvalue weighted by Crippen LogP contribution is 2.32. The van der Waals surface area contributed by atoms with Crippen LogP contribution in [0.15, 0.2) is 64.0 Å². The maximum atomic E-state index is 12.4. The smallest absolute Gasteiger partial charge is 0.294 e. The number of nitrogens with one attached hydrogen (secondary N) is 1. The van der Waals surface area contributed by atoms with Crippen molar-refractivity contribution in [3.63, 3.8) is 0 Å². The zero-order valence-electron chi connectivity index (χ0n) is 12.9. The van der Waals surface area contributed by atoms with Crippen LogP contribution in [-0.2, 0) is 9.59 Å². The number of nitrogens with zero attached hydrogens (tertiary/aromatic N) is 1. The van der Waals surface area contributed by atoms with Gasteiger partial charge in [0, 0.05) is 10.2 Å². The Balaban J connectivity index is 1.68. The number of benzene rings is 2. The van der Waals surface area contributed by atoms with Gasteiger partial charge in [0.1, 0.15) is 6.54 Å². The third-order valence-electron chi connectivity index (χ3n) is 3.38. The van der Waals surface area contributed by atoms with E-state index in [1.165, 1.54) is 0 Å². The number of amides is 3. The standard InChI is InChI=1S/C18H13BrN2O3S/c19-13-7-4-8-14(10-13)20-16(22)11-21-17(23)15(25-18(21)24)9-12-5-2-1-3-6-12/h1-10H,11H2,(H,20,22)/b15-9+. The van der Waals surface area contributed by atoms with Crippen molar-refractivity contribution < 1.29 is 14.4 Å². The van der Waals surface area contributed by atoms with E-state index >= 15 is 0 Å². The Bertz CT molecular complexity index is 868. The lowest BCUT2D eigenvalue weighted by atomic mass is 10.2. The van der Waals surface area contributed by atoms with Crippen LogP contribution in [-0.4, -0.2) is 28.5 Å². The van der Waals surface area contributed by atoms with Gasteiger partial charge in [0.15, 0.2) is 0 Å². The fourth-order valence-corrected chi connectivity index (χ4v) is 3.48. The van der Waals surface area contributed by atoms with Gasteiger partial charge in [0.05, 0.1) is 4.91 Å². The molecule has 0 aromatic heterocycles. The fourth-order valence-electron chi connectivity index (χ4n) is 2.25. The first-order valence-corrected chi connectivity index (χ1v) is 9.00. The Morgan fingerprint density at radius 1 is 1.12 bits per heavy atom. The SMILES string of the molecule is O=C(CN1C(=O)S/C(=C/c2ccccc2)C1=O)Nc1cccc(Br)c1. The summed E-state index contributed by atoms with van der Waals surface area (Å²) in [6, 6.07) is 16.3. The highest BCUT2D eigenvalue weighted by atomic mass is 79.9. The molecule has 0 atom stereocenters. The van der Waals surface area contributed by atoms with Crippen molar-refractivity contribution in [2.45, 2.75) is 0 Å². The normalized spacial score (nSPS) is 15.7. The number of hydrogen-bond acceptors (Lipinski definition) is 4. The molecule has 1 aliphatic rings. The lowest BCUT2D eigenvalue weighted by molar-refractivity contribution is -0.127. The molecule has 7 heteroatoms. The Morgan fingerprint density at radius 3 is 2.60 bits per heavy atom. The van der Waals surface area contributed by atoms with Crippen LogP contribution in [0.1, 0.15) is 5.56 Å². The van der Waals surface area contributed by atoms with Crippen molar-refractivity contribution in [2.24, 2.45) is 0 Å². The van der Waals surface area contributed by atoms with Gasteiger partial charge in [-0.15, -0.1) is 0 Å². The van der Waals surface area contributed by atoms with Crippen molar-refractivity contribution in [3.8, 4) is 0 Å². The van der Waals surface area contributed by atoms with E-state index in [4.69, 9.17) is 0 Å². The van der Waals surface area contributed by atoms with E-state index in [0.29, 0.717) is 10.6 Å². The second-order valence-corrected chi connectivity index (χ2v) is 7.15. The van der Waals surface area contributed by atoms with E-state index in [9.17, 15) is 14.4 Å². The number of rotatable bonds is 4. The van der Waals surface area contributed by atoms with Crippen molar-refractivity contribution in [1.82, 2.24) is 4.90 Å². The largest absolute Gasteiger partial charge is 0.324 e. The quantitative estimate of drug-likeness (QED) is 0.760. The second kappa shape index (κ2) is 7.67. The van der Waals surface area contributed by atoms with Gasteiger partial charge >= 0.3 is 0 Å². The monoisotopic (exact) mass is 416 g/mol. The molecule has 0 radical (unpaired) electrons. The Labute approximate surface area is 157 Å². The van der Waals surface area contributed by atoms with E-state index < -0.39 is 17.1 Å². The Kier molecular flexibility index (Phi) is 5.35. The van der Waals surface area contributed by atoms with Crippen LogP contribution in [0.2, 0.25) is 0 Å². The third-order valence-corrected chi connectivity index (χ3v) is 4.78. The molecule has 25 heavy (non-hydrogen) atoms. The van der Waals surface area contributed by atoms with Gasteiger partial charge in [0.25, 0.3) is 11.1 Å². The summed E-state index contributed by atoms with van der Waals surface area (Å²) in [6.07, 6.45) is 1.65. The summed E-state index contributed by atoms with van der Waals surface area (Å²) in [5.74, 6) is -0.885. The molecule has 3 amide bonds. The fraction of sp³-hybridized carbons (Fsp3) is 0.0556. The van der Waals surface area contributed by atoms with Crippen LogP contribution in [0.25, 0.3) is 6.08 Å². The van der Waals surface area contributed by atoms with Crippen LogP contribution in [0.4, 0.5) is 10.5 Å². The molecule has 126 valence electrons. The number of anilines is 1. The molecule has 0 spiro atoms. The lowest BCUT2D eigenvalue weighted by Crippen LogP contribution is -2.36. The van der Waals surface area contributed by atoms with E-state index in [2.05, 4.69) is 21.2 Å². The van der Waals surface area contributed by atoms with Gasteiger partial charge < -0.3 is 5.32 Å². The summed E-state index contributed by atoms with van der Waals surface area (Å²) < 4.78 is 0.822. The molecule has 0 saturated carbocycles. The molecule has 2 aromatic rings. The number of carbonyl (C=O) groups excluding carboxylic acids is 3. The van der Waals surface area contributed by atoms with Crippen molar-refractivity contribution >= 4 is 56.5 Å². The zero-order valence-corrected chi connectivity index (χ0v) is 15.3. The van der Waals surface area contributed by atoms with Gasteiger partial charge in [-0.05, 0) is 41.6 Å². The second-order valence-electron chi connectivity index (χ2n) is 5.24. The predicted octanol–water partition coefficient (Wildman–Crippen LogP) is 4.12. The van der Waals surface area contributed by atoms with Gasteiger partial charge in [-0.3, -0.25) is 19.3 Å². The van der Waals surface area contributed by atoms with Gasteiger partial charge in [0.2, 0.25) is 5.91 Å². The molecule has 1 heterocycles. The molecule has 1 fully saturated rings. The minimum absolute atomic E-state index is 0.312. The molecule has 1 N–H and O–H groups in total. The Morgan fingerprint density at radius 2 is 1.88 bits per heavy atom. The molecule has 0 aliphatic carbocycles. The number of carbonyl (C=O) groups is 3. The van der Waals surface area contributed by atoms with Gasteiger partial charge in [-0.1, -0.05) is 52.3 Å². The summed E-state index contributed by atoms with van der Waals surface area (Å²) >= 11 is 4.16. The number of halogens is 1. The topological polar surface area (TPSA) is 66.5 Å². The summed E-state index contributed by atoms with van der Waals surface area (Å²) in [7, 11) is 0.